The first kappa shape index (κ1) is 12.0. The van der Waals surface area contributed by atoms with Crippen LogP contribution in [0.15, 0.2) is 11.2 Å². The summed E-state index contributed by atoms with van der Waals surface area (Å²) in [6.07, 6.45) is 1.86. The summed E-state index contributed by atoms with van der Waals surface area (Å²) >= 11 is 1.66. The van der Waals surface area contributed by atoms with E-state index >= 15 is 0 Å². The van der Waals surface area contributed by atoms with E-state index in [4.69, 9.17) is 5.73 Å². The first-order valence-corrected chi connectivity index (χ1v) is 5.83. The monoisotopic (exact) mass is 226 g/mol. The van der Waals surface area contributed by atoms with Crippen molar-refractivity contribution in [3.8, 4) is 0 Å². The molecule has 0 radical (unpaired) electrons. The maximum Gasteiger partial charge on any atom is 0.189 e. The molecule has 0 aliphatic carbocycles. The average Bonchev–Trinajstić information content (AvgIpc) is 2.49. The molecule has 0 amide bonds. The number of rotatable bonds is 3. The van der Waals surface area contributed by atoms with Gasteiger partial charge in [0.25, 0.3) is 0 Å². The summed E-state index contributed by atoms with van der Waals surface area (Å²) in [6, 6.07) is 0.328. The van der Waals surface area contributed by atoms with Gasteiger partial charge in [-0.1, -0.05) is 0 Å². The summed E-state index contributed by atoms with van der Waals surface area (Å²) in [4.78, 5) is 9.80. The van der Waals surface area contributed by atoms with Crippen LogP contribution in [-0.4, -0.2) is 17.0 Å². The van der Waals surface area contributed by atoms with Gasteiger partial charge in [-0.2, -0.15) is 0 Å². The normalized spacial score (nSPS) is 14.3. The Hall–Kier alpha value is -1.10. The summed E-state index contributed by atoms with van der Waals surface area (Å²) < 4.78 is 0. The molecule has 1 aromatic heterocycles. The summed E-state index contributed by atoms with van der Waals surface area (Å²) in [6.45, 7) is 8.08. The molecule has 0 spiro atoms. The summed E-state index contributed by atoms with van der Waals surface area (Å²) in [5.41, 5.74) is 5.74. The number of thiazole rings is 1. The molecule has 4 nitrogen and oxygen atoms in total. The Bertz CT molecular complexity index is 343. The summed E-state index contributed by atoms with van der Waals surface area (Å²) in [7, 11) is 0. The lowest BCUT2D eigenvalue weighted by atomic mass is 10.4. The van der Waals surface area contributed by atoms with Crippen LogP contribution >= 0.6 is 11.3 Å². The fraction of sp³-hybridized carbons (Fsp3) is 0.600. The zero-order valence-electron chi connectivity index (χ0n) is 9.61. The van der Waals surface area contributed by atoms with Crippen LogP contribution in [0.4, 0.5) is 0 Å². The Morgan fingerprint density at radius 2 is 2.20 bits per heavy atom. The highest BCUT2D eigenvalue weighted by molar-refractivity contribution is 7.11. The van der Waals surface area contributed by atoms with Gasteiger partial charge >= 0.3 is 0 Å². The standard InChI is InChI=1S/C10H18N4S/c1-6(2)13-10(11)14-8(4)9-12-5-7(3)15-9/h5-6,8H,1-4H3,(H3,11,13,14). The Kier molecular flexibility index (Phi) is 4.08. The molecule has 1 heterocycles. The van der Waals surface area contributed by atoms with E-state index in [1.165, 1.54) is 4.88 Å². The second kappa shape index (κ2) is 5.11. The minimum absolute atomic E-state index is 0.0231. The van der Waals surface area contributed by atoms with E-state index in [9.17, 15) is 0 Å². The van der Waals surface area contributed by atoms with Gasteiger partial charge < -0.3 is 11.1 Å². The molecule has 1 unspecified atom stereocenters. The SMILES string of the molecule is Cc1cnc(C(C)N=C(N)NC(C)C)s1. The van der Waals surface area contributed by atoms with Gasteiger partial charge in [-0.05, 0) is 27.7 Å². The fourth-order valence-electron chi connectivity index (χ4n) is 1.16. The van der Waals surface area contributed by atoms with E-state index in [0.29, 0.717) is 12.0 Å². The zero-order valence-corrected chi connectivity index (χ0v) is 10.4. The van der Waals surface area contributed by atoms with E-state index in [1.807, 2.05) is 33.9 Å². The average molecular weight is 226 g/mol. The first-order chi connectivity index (χ1) is 6.99. The number of aliphatic imine (C=N–C) groups is 1. The second-order valence-corrected chi connectivity index (χ2v) is 5.06. The number of nitrogens with one attached hydrogen (secondary N) is 1. The molecule has 0 fully saturated rings. The Morgan fingerprint density at radius 1 is 1.53 bits per heavy atom. The lowest BCUT2D eigenvalue weighted by Crippen LogP contribution is -2.36. The van der Waals surface area contributed by atoms with Crippen LogP contribution in [0.25, 0.3) is 0 Å². The third-order valence-electron chi connectivity index (χ3n) is 1.77. The molecule has 0 aliphatic rings. The van der Waals surface area contributed by atoms with E-state index in [-0.39, 0.29) is 6.04 Å². The number of nitrogens with zero attached hydrogens (tertiary/aromatic N) is 2. The van der Waals surface area contributed by atoms with Gasteiger partial charge in [-0.15, -0.1) is 11.3 Å². The van der Waals surface area contributed by atoms with Crippen LogP contribution in [0.2, 0.25) is 0 Å². The number of aryl methyl sites for hydroxylation is 1. The minimum Gasteiger partial charge on any atom is -0.370 e. The number of guanidine groups is 1. The molecule has 1 rings (SSSR count). The van der Waals surface area contributed by atoms with Crippen molar-refractivity contribution >= 4 is 17.3 Å². The van der Waals surface area contributed by atoms with Gasteiger partial charge in [0.05, 0.1) is 0 Å². The quantitative estimate of drug-likeness (QED) is 0.610. The molecule has 1 aromatic rings. The molecule has 0 aromatic carbocycles. The predicted molar refractivity (Wildman–Crippen MR) is 65.2 cm³/mol. The van der Waals surface area contributed by atoms with Crippen LogP contribution in [0.1, 0.15) is 36.7 Å². The minimum atomic E-state index is 0.0231. The van der Waals surface area contributed by atoms with Crippen LogP contribution < -0.4 is 11.1 Å². The maximum atomic E-state index is 5.74. The van der Waals surface area contributed by atoms with Gasteiger partial charge in [0, 0.05) is 17.1 Å². The van der Waals surface area contributed by atoms with Crippen molar-refractivity contribution < 1.29 is 0 Å². The zero-order chi connectivity index (χ0) is 11.4. The van der Waals surface area contributed by atoms with Gasteiger partial charge in [0.2, 0.25) is 0 Å². The maximum absolute atomic E-state index is 5.74. The highest BCUT2D eigenvalue weighted by Crippen LogP contribution is 2.21. The van der Waals surface area contributed by atoms with Crippen LogP contribution in [0.3, 0.4) is 0 Å². The van der Waals surface area contributed by atoms with E-state index in [2.05, 4.69) is 15.3 Å². The molecule has 0 saturated carbocycles. The largest absolute Gasteiger partial charge is 0.370 e. The van der Waals surface area contributed by atoms with E-state index in [0.717, 1.165) is 5.01 Å². The van der Waals surface area contributed by atoms with Gasteiger partial charge in [-0.3, -0.25) is 0 Å². The summed E-state index contributed by atoms with van der Waals surface area (Å²) in [5, 5.41) is 4.06. The predicted octanol–water partition coefficient (Wildman–Crippen LogP) is 1.83. The van der Waals surface area contributed by atoms with Crippen molar-refractivity contribution in [3.05, 3.63) is 16.1 Å². The lowest BCUT2D eigenvalue weighted by Gasteiger charge is -2.10. The van der Waals surface area contributed by atoms with Crippen molar-refractivity contribution in [3.63, 3.8) is 0 Å². The highest BCUT2D eigenvalue weighted by atomic mass is 32.1. The van der Waals surface area contributed by atoms with Crippen LogP contribution in [0, 0.1) is 6.92 Å². The molecule has 0 saturated heterocycles. The molecular formula is C10H18N4S. The van der Waals surface area contributed by atoms with E-state index < -0.39 is 0 Å². The Morgan fingerprint density at radius 3 is 2.67 bits per heavy atom. The highest BCUT2D eigenvalue weighted by Gasteiger charge is 2.08. The third-order valence-corrected chi connectivity index (χ3v) is 2.85. The molecule has 0 bridgehead atoms. The third kappa shape index (κ3) is 3.87. The molecule has 1 atom stereocenters. The van der Waals surface area contributed by atoms with Crippen LogP contribution in [-0.2, 0) is 0 Å². The topological polar surface area (TPSA) is 63.3 Å². The van der Waals surface area contributed by atoms with Crippen molar-refractivity contribution in [1.29, 1.82) is 0 Å². The van der Waals surface area contributed by atoms with Gasteiger partial charge in [0.15, 0.2) is 5.96 Å². The smallest absolute Gasteiger partial charge is 0.189 e. The van der Waals surface area contributed by atoms with Crippen LogP contribution in [0.5, 0.6) is 0 Å². The molecule has 3 N–H and O–H groups in total. The Balaban J connectivity index is 2.65. The number of hydrogen-bond acceptors (Lipinski definition) is 3. The Labute approximate surface area is 94.6 Å². The van der Waals surface area contributed by atoms with Gasteiger partial charge in [-0.25, -0.2) is 9.98 Å². The van der Waals surface area contributed by atoms with Gasteiger partial charge in [0.1, 0.15) is 11.0 Å². The molecule has 84 valence electrons. The van der Waals surface area contributed by atoms with E-state index in [1.54, 1.807) is 11.3 Å². The lowest BCUT2D eigenvalue weighted by molar-refractivity contribution is 0.709. The van der Waals surface area contributed by atoms with Crippen molar-refractivity contribution in [2.45, 2.75) is 39.8 Å². The number of nitrogens with two attached hydrogens (primary N) is 1. The first-order valence-electron chi connectivity index (χ1n) is 5.01. The number of hydrogen-bond donors (Lipinski definition) is 2. The second-order valence-electron chi connectivity index (χ2n) is 3.80. The van der Waals surface area contributed by atoms with Crippen molar-refractivity contribution in [2.24, 2.45) is 10.7 Å². The van der Waals surface area contributed by atoms with Crippen molar-refractivity contribution in [2.75, 3.05) is 0 Å². The molecule has 15 heavy (non-hydrogen) atoms. The summed E-state index contributed by atoms with van der Waals surface area (Å²) in [5.74, 6) is 0.477. The molecular weight excluding hydrogens is 208 g/mol. The number of aromatic nitrogens is 1. The van der Waals surface area contributed by atoms with Crippen molar-refractivity contribution in [1.82, 2.24) is 10.3 Å². The molecule has 5 heteroatoms. The molecule has 0 aliphatic heterocycles. The fourth-order valence-corrected chi connectivity index (χ4v) is 1.93.